The van der Waals surface area contributed by atoms with Crippen LogP contribution in [0.15, 0.2) is 182 Å². The van der Waals surface area contributed by atoms with Crippen LogP contribution in [0.3, 0.4) is 0 Å². The second-order valence-electron chi connectivity index (χ2n) is 23.4. The summed E-state index contributed by atoms with van der Waals surface area (Å²) in [5, 5.41) is 14.1. The van der Waals surface area contributed by atoms with Crippen molar-refractivity contribution in [1.29, 1.82) is 0 Å². The fourth-order valence-electron chi connectivity index (χ4n) is 10.4. The van der Waals surface area contributed by atoms with Gasteiger partial charge in [0.2, 0.25) is 0 Å². The van der Waals surface area contributed by atoms with Crippen LogP contribution in [0.4, 0.5) is 0 Å². The van der Waals surface area contributed by atoms with Crippen LogP contribution in [0.5, 0.6) is 0 Å². The Hall–Kier alpha value is -5.89. The van der Waals surface area contributed by atoms with Gasteiger partial charge in [0.15, 0.2) is 0 Å². The van der Waals surface area contributed by atoms with Crippen molar-refractivity contribution >= 4 is 85.4 Å². The van der Waals surface area contributed by atoms with E-state index in [1.54, 1.807) is 0 Å². The Labute approximate surface area is 410 Å². The van der Waals surface area contributed by atoms with Crippen LogP contribution in [0.2, 0.25) is 78.6 Å². The maximum Gasteiger partial charge on any atom is 0.0776 e. The van der Waals surface area contributed by atoms with Gasteiger partial charge in [0.1, 0.15) is 0 Å². The highest BCUT2D eigenvalue weighted by Gasteiger charge is 2.28. The molecule has 0 unspecified atom stereocenters. The molecule has 0 aromatic heterocycles. The maximum absolute atomic E-state index is 2.58. The summed E-state index contributed by atoms with van der Waals surface area (Å²) in [7, 11) is -6.81. The molecule has 10 aromatic rings. The van der Waals surface area contributed by atoms with Gasteiger partial charge >= 0.3 is 0 Å². The summed E-state index contributed by atoms with van der Waals surface area (Å²) in [6, 6.07) is 70.6. The second-order valence-corrected chi connectivity index (χ2v) is 43.7. The van der Waals surface area contributed by atoms with E-state index in [0.29, 0.717) is 0 Å². The average molecular weight is 948 g/mol. The Morgan fingerprint density at radius 1 is 0.206 bits per heavy atom. The van der Waals surface area contributed by atoms with E-state index in [0.717, 1.165) is 0 Å². The topological polar surface area (TPSA) is 0 Å². The van der Waals surface area contributed by atoms with E-state index in [1.807, 2.05) is 0 Å². The van der Waals surface area contributed by atoms with Gasteiger partial charge in [-0.25, -0.2) is 0 Å². The summed E-state index contributed by atoms with van der Waals surface area (Å²) in [4.78, 5) is 0. The Kier molecular flexibility index (Phi) is 11.4. The lowest BCUT2D eigenvalue weighted by molar-refractivity contribution is 1.59. The Balaban J connectivity index is 1.42. The summed E-state index contributed by atoms with van der Waals surface area (Å²) in [6.45, 7) is 30.1. The zero-order valence-electron chi connectivity index (χ0n) is 42.3. The molecule has 0 amide bonds. The third kappa shape index (κ3) is 8.40. The van der Waals surface area contributed by atoms with Crippen LogP contribution in [-0.4, -0.2) is 32.3 Å². The molecule has 0 aliphatic rings. The van der Waals surface area contributed by atoms with E-state index in [-0.39, 0.29) is 0 Å². The third-order valence-electron chi connectivity index (χ3n) is 14.5. The zero-order valence-corrected chi connectivity index (χ0v) is 46.3. The molecule has 0 bridgehead atoms. The number of benzene rings is 10. The van der Waals surface area contributed by atoms with Gasteiger partial charge in [0.05, 0.1) is 32.3 Å². The predicted molar refractivity (Wildman–Crippen MR) is 315 cm³/mol. The van der Waals surface area contributed by atoms with E-state index in [1.165, 1.54) is 120 Å². The molecule has 0 N–H and O–H groups in total. The van der Waals surface area contributed by atoms with Gasteiger partial charge in [-0.3, -0.25) is 0 Å². The summed E-state index contributed by atoms with van der Waals surface area (Å²) >= 11 is 0. The maximum atomic E-state index is 2.58. The highest BCUT2D eigenvalue weighted by molar-refractivity contribution is 6.92. The average Bonchev–Trinajstić information content (AvgIpc) is 3.32. The van der Waals surface area contributed by atoms with Crippen molar-refractivity contribution in [3.63, 3.8) is 0 Å². The van der Waals surface area contributed by atoms with Crippen LogP contribution in [0.1, 0.15) is 0 Å². The Morgan fingerprint density at radius 3 is 0.765 bits per heavy atom. The molecule has 10 rings (SSSR count). The molecule has 4 heteroatoms. The van der Waals surface area contributed by atoms with Crippen molar-refractivity contribution in [2.75, 3.05) is 0 Å². The molecule has 0 atom stereocenters. The molecule has 0 fully saturated rings. The van der Waals surface area contributed by atoms with E-state index in [9.17, 15) is 0 Å². The van der Waals surface area contributed by atoms with Gasteiger partial charge in [-0.05, 0) is 111 Å². The molecular weight excluding hydrogens is 881 g/mol. The number of rotatable bonds is 10. The van der Waals surface area contributed by atoms with Crippen molar-refractivity contribution < 1.29 is 0 Å². The highest BCUT2D eigenvalue weighted by atomic mass is 28.3. The monoisotopic (exact) mass is 946 g/mol. The minimum Gasteiger partial charge on any atom is -0.0656 e. The molecular formula is C64H66Si4. The Morgan fingerprint density at radius 2 is 0.471 bits per heavy atom. The van der Waals surface area contributed by atoms with Gasteiger partial charge in [-0.15, -0.1) is 0 Å². The van der Waals surface area contributed by atoms with Crippen LogP contribution < -0.4 is 20.7 Å². The van der Waals surface area contributed by atoms with Crippen LogP contribution >= 0.6 is 0 Å². The minimum atomic E-state index is -1.70. The normalized spacial score (nSPS) is 12.7. The van der Waals surface area contributed by atoms with Gasteiger partial charge < -0.3 is 0 Å². The first-order chi connectivity index (χ1) is 32.3. The minimum absolute atomic E-state index is 1.24. The first-order valence-corrected chi connectivity index (χ1v) is 38.7. The standard InChI is InChI=1S/C64H66Si4/c1-65(2,3)47-35-45(36-48(39-47)66(4,5)6)59-41-61(53-29-21-19-27-51(53)43-23-15-13-16-24-43)57-34-32-56-60(46-37-49(67(7,8)9)40-50(38-46)68(10,11)12)42-62(58-33-31-55(59)63(57)64(56)58)54-30-22-20-28-52(54)44-25-17-14-18-26-44/h13-42H,1-12H3. The predicted octanol–water partition coefficient (Wildman–Crippen LogP) is 16.8. The van der Waals surface area contributed by atoms with Gasteiger partial charge in [0, 0.05) is 0 Å². The van der Waals surface area contributed by atoms with Crippen molar-refractivity contribution in [2.45, 2.75) is 78.6 Å². The van der Waals surface area contributed by atoms with Crippen LogP contribution in [-0.2, 0) is 0 Å². The fourth-order valence-corrected chi connectivity index (χ4v) is 15.4. The molecule has 10 aromatic carbocycles. The zero-order chi connectivity index (χ0) is 47.9. The first kappa shape index (κ1) is 45.9. The third-order valence-corrected chi connectivity index (χ3v) is 22.5. The molecule has 0 saturated heterocycles. The lowest BCUT2D eigenvalue weighted by Gasteiger charge is -2.27. The van der Waals surface area contributed by atoms with Crippen molar-refractivity contribution in [2.24, 2.45) is 0 Å². The van der Waals surface area contributed by atoms with Crippen molar-refractivity contribution in [3.8, 4) is 66.8 Å². The summed E-state index contributed by atoms with van der Waals surface area (Å²) < 4.78 is 0. The smallest absolute Gasteiger partial charge is 0.0656 e. The molecule has 0 saturated carbocycles. The summed E-state index contributed by atoms with van der Waals surface area (Å²) in [5.74, 6) is 0. The molecule has 0 heterocycles. The van der Waals surface area contributed by atoms with Crippen LogP contribution in [0.25, 0.3) is 99.1 Å². The largest absolute Gasteiger partial charge is 0.0776 e. The molecule has 338 valence electrons. The highest BCUT2D eigenvalue weighted by Crippen LogP contribution is 2.50. The SMILES string of the molecule is C[Si](C)(C)c1cc(-c2cc(-c3ccccc3-c3ccccc3)c3ccc4c(-c5cc([Si](C)(C)C)cc([Si](C)(C)C)c5)cc(-c5ccccc5-c5ccccc5)c5ccc2c3c45)cc([Si](C)(C)C)c1. The summed E-state index contributed by atoms with van der Waals surface area (Å²) in [5.41, 5.74) is 15.4. The summed E-state index contributed by atoms with van der Waals surface area (Å²) in [6.07, 6.45) is 0. The lowest BCUT2D eigenvalue weighted by Crippen LogP contribution is -2.45. The van der Waals surface area contributed by atoms with Gasteiger partial charge in [-0.1, -0.05) is 269 Å². The second kappa shape index (κ2) is 17.0. The molecule has 0 nitrogen and oxygen atoms in total. The molecule has 0 spiro atoms. The fraction of sp³-hybridized carbons (Fsp3) is 0.188. The van der Waals surface area contributed by atoms with Crippen molar-refractivity contribution in [3.05, 3.63) is 182 Å². The molecule has 0 radical (unpaired) electrons. The molecule has 0 aliphatic heterocycles. The lowest BCUT2D eigenvalue weighted by atomic mass is 9.80. The van der Waals surface area contributed by atoms with E-state index in [4.69, 9.17) is 0 Å². The van der Waals surface area contributed by atoms with Crippen molar-refractivity contribution in [1.82, 2.24) is 0 Å². The van der Waals surface area contributed by atoms with Gasteiger partial charge in [-0.2, -0.15) is 0 Å². The number of hydrogen-bond acceptors (Lipinski definition) is 0. The molecule has 0 aliphatic carbocycles. The Bertz CT molecular complexity index is 3220. The first-order valence-electron chi connectivity index (χ1n) is 24.7. The van der Waals surface area contributed by atoms with Crippen LogP contribution in [0, 0.1) is 0 Å². The number of hydrogen-bond donors (Lipinski definition) is 0. The quantitative estimate of drug-likeness (QED) is 0.0947. The van der Waals surface area contributed by atoms with E-state index < -0.39 is 32.3 Å². The van der Waals surface area contributed by atoms with E-state index in [2.05, 4.69) is 261 Å². The van der Waals surface area contributed by atoms with E-state index >= 15 is 0 Å². The molecule has 68 heavy (non-hydrogen) atoms. The van der Waals surface area contributed by atoms with Gasteiger partial charge in [0.25, 0.3) is 0 Å².